The summed E-state index contributed by atoms with van der Waals surface area (Å²) in [4.78, 5) is 4.01. The highest BCUT2D eigenvalue weighted by Crippen LogP contribution is 2.21. The smallest absolute Gasteiger partial charge is 0.147 e. The number of hydrogen-bond donors (Lipinski definition) is 1. The van der Waals surface area contributed by atoms with Gasteiger partial charge in [0.2, 0.25) is 0 Å². The highest BCUT2D eigenvalue weighted by Gasteiger charge is 2.14. The Morgan fingerprint density at radius 1 is 1.24 bits per heavy atom. The zero-order valence-electron chi connectivity index (χ0n) is 8.81. The average molecular weight is 318 g/mol. The Bertz CT molecular complexity index is 493. The number of hydrogen-bond acceptors (Lipinski definition) is 2. The van der Waals surface area contributed by atoms with Gasteiger partial charge in [0.05, 0.1) is 11.7 Å². The van der Waals surface area contributed by atoms with Crippen LogP contribution in [0.4, 0.5) is 4.39 Å². The van der Waals surface area contributed by atoms with E-state index in [1.165, 1.54) is 6.07 Å². The molecule has 0 unspecified atom stereocenters. The van der Waals surface area contributed by atoms with E-state index in [2.05, 4.69) is 20.9 Å². The maximum absolute atomic E-state index is 13.6. The molecule has 0 aliphatic heterocycles. The minimum atomic E-state index is -0.533. The molecular weight excluding hydrogens is 307 g/mol. The summed E-state index contributed by atoms with van der Waals surface area (Å²) in [6, 6.07) is 10.2. The van der Waals surface area contributed by atoms with Crippen LogP contribution in [-0.4, -0.2) is 4.98 Å². The van der Waals surface area contributed by atoms with E-state index in [1.807, 2.05) is 30.3 Å². The van der Waals surface area contributed by atoms with Crippen LogP contribution < -0.4 is 5.73 Å². The predicted octanol–water partition coefficient (Wildman–Crippen LogP) is 3.45. The van der Waals surface area contributed by atoms with Crippen LogP contribution in [0.25, 0.3) is 0 Å². The second kappa shape index (κ2) is 6.10. The Balaban J connectivity index is 0.00000144. The van der Waals surface area contributed by atoms with Crippen molar-refractivity contribution in [2.24, 2.45) is 5.73 Å². The van der Waals surface area contributed by atoms with Crippen LogP contribution >= 0.6 is 28.3 Å². The number of rotatable bonds is 2. The highest BCUT2D eigenvalue weighted by atomic mass is 79.9. The Labute approximate surface area is 114 Å². The van der Waals surface area contributed by atoms with E-state index in [0.717, 1.165) is 5.56 Å². The van der Waals surface area contributed by atoms with Crippen LogP contribution in [0.15, 0.2) is 47.1 Å². The Hall–Kier alpha value is -0.970. The van der Waals surface area contributed by atoms with E-state index in [4.69, 9.17) is 5.73 Å². The van der Waals surface area contributed by atoms with Gasteiger partial charge in [-0.25, -0.2) is 4.39 Å². The number of nitrogens with two attached hydrogens (primary N) is 1. The molecule has 0 aliphatic rings. The normalized spacial score (nSPS) is 11.7. The van der Waals surface area contributed by atoms with Crippen molar-refractivity contribution in [1.29, 1.82) is 0 Å². The molecule has 1 atom stereocenters. The van der Waals surface area contributed by atoms with Crippen LogP contribution in [0.3, 0.4) is 0 Å². The van der Waals surface area contributed by atoms with Gasteiger partial charge in [-0.15, -0.1) is 12.4 Å². The Morgan fingerprint density at radius 2 is 1.88 bits per heavy atom. The van der Waals surface area contributed by atoms with Gasteiger partial charge in [0, 0.05) is 10.7 Å². The third kappa shape index (κ3) is 3.25. The molecule has 5 heteroatoms. The molecule has 0 radical (unpaired) electrons. The van der Waals surface area contributed by atoms with Gasteiger partial charge in [0.15, 0.2) is 0 Å². The number of aromatic nitrogens is 1. The number of benzene rings is 1. The van der Waals surface area contributed by atoms with Crippen LogP contribution in [-0.2, 0) is 0 Å². The molecule has 0 bridgehead atoms. The summed E-state index contributed by atoms with van der Waals surface area (Å²) in [5, 5.41) is 0. The van der Waals surface area contributed by atoms with Crippen LogP contribution in [0.2, 0.25) is 0 Å². The van der Waals surface area contributed by atoms with Crippen molar-refractivity contribution in [3.63, 3.8) is 0 Å². The van der Waals surface area contributed by atoms with E-state index in [-0.39, 0.29) is 18.1 Å². The van der Waals surface area contributed by atoms with E-state index in [1.54, 1.807) is 6.20 Å². The third-order valence-corrected chi connectivity index (χ3v) is 2.72. The first kappa shape index (κ1) is 14.1. The fraction of sp³-hybridized carbons (Fsp3) is 0.0833. The second-order valence-electron chi connectivity index (χ2n) is 3.41. The fourth-order valence-electron chi connectivity index (χ4n) is 1.47. The number of halogens is 3. The summed E-state index contributed by atoms with van der Waals surface area (Å²) in [6.45, 7) is 0. The van der Waals surface area contributed by atoms with E-state index in [9.17, 15) is 4.39 Å². The van der Waals surface area contributed by atoms with Gasteiger partial charge in [-0.3, -0.25) is 4.98 Å². The molecule has 2 N–H and O–H groups in total. The molecule has 2 rings (SSSR count). The van der Waals surface area contributed by atoms with Crippen LogP contribution in [0.5, 0.6) is 0 Å². The molecule has 0 fully saturated rings. The van der Waals surface area contributed by atoms with Crippen molar-refractivity contribution in [2.45, 2.75) is 6.04 Å². The van der Waals surface area contributed by atoms with E-state index < -0.39 is 11.9 Å². The molecule has 0 spiro atoms. The van der Waals surface area contributed by atoms with Crippen LogP contribution in [0, 0.1) is 5.82 Å². The first-order valence-corrected chi connectivity index (χ1v) is 5.59. The van der Waals surface area contributed by atoms with Crippen LogP contribution in [0.1, 0.15) is 17.3 Å². The Morgan fingerprint density at radius 3 is 2.47 bits per heavy atom. The lowest BCUT2D eigenvalue weighted by Gasteiger charge is -2.12. The summed E-state index contributed by atoms with van der Waals surface area (Å²) >= 11 is 3.16. The van der Waals surface area contributed by atoms with Crippen molar-refractivity contribution in [3.05, 3.63) is 64.1 Å². The SMILES string of the molecule is Cl.N[C@H](c1ccccc1)c1ncc(Br)cc1F. The first-order valence-electron chi connectivity index (χ1n) is 4.80. The number of pyridine rings is 1. The Kier molecular flexibility index (Phi) is 5.05. The summed E-state index contributed by atoms with van der Waals surface area (Å²) in [6.07, 6.45) is 1.54. The van der Waals surface area contributed by atoms with Gasteiger partial charge in [-0.1, -0.05) is 30.3 Å². The topological polar surface area (TPSA) is 38.9 Å². The fourth-order valence-corrected chi connectivity index (χ4v) is 1.78. The quantitative estimate of drug-likeness (QED) is 0.921. The molecule has 0 amide bonds. The van der Waals surface area contributed by atoms with Gasteiger partial charge < -0.3 is 5.73 Å². The van der Waals surface area contributed by atoms with Gasteiger partial charge in [-0.05, 0) is 27.6 Å². The van der Waals surface area contributed by atoms with Crippen molar-refractivity contribution < 1.29 is 4.39 Å². The molecule has 1 aromatic carbocycles. The lowest BCUT2D eigenvalue weighted by atomic mass is 10.0. The van der Waals surface area contributed by atoms with Crippen molar-refractivity contribution >= 4 is 28.3 Å². The zero-order valence-corrected chi connectivity index (χ0v) is 11.2. The van der Waals surface area contributed by atoms with Crippen molar-refractivity contribution in [1.82, 2.24) is 4.98 Å². The molecule has 1 aromatic heterocycles. The first-order chi connectivity index (χ1) is 7.68. The molecule has 1 heterocycles. The monoisotopic (exact) mass is 316 g/mol. The average Bonchev–Trinajstić information content (AvgIpc) is 2.29. The minimum Gasteiger partial charge on any atom is -0.319 e. The summed E-state index contributed by atoms with van der Waals surface area (Å²) in [5.41, 5.74) is 7.05. The number of nitrogens with zero attached hydrogens (tertiary/aromatic N) is 1. The lowest BCUT2D eigenvalue weighted by Crippen LogP contribution is -2.15. The molecule has 90 valence electrons. The molecule has 0 saturated heterocycles. The third-order valence-electron chi connectivity index (χ3n) is 2.29. The molecule has 2 aromatic rings. The second-order valence-corrected chi connectivity index (χ2v) is 4.32. The summed E-state index contributed by atoms with van der Waals surface area (Å²) < 4.78 is 14.2. The van der Waals surface area contributed by atoms with Gasteiger partial charge in [0.25, 0.3) is 0 Å². The lowest BCUT2D eigenvalue weighted by molar-refractivity contribution is 0.585. The largest absolute Gasteiger partial charge is 0.319 e. The highest BCUT2D eigenvalue weighted by molar-refractivity contribution is 9.10. The molecule has 17 heavy (non-hydrogen) atoms. The van der Waals surface area contributed by atoms with Gasteiger partial charge in [-0.2, -0.15) is 0 Å². The summed E-state index contributed by atoms with van der Waals surface area (Å²) in [7, 11) is 0. The molecule has 0 aliphatic carbocycles. The van der Waals surface area contributed by atoms with E-state index in [0.29, 0.717) is 4.47 Å². The van der Waals surface area contributed by atoms with Crippen molar-refractivity contribution in [3.8, 4) is 0 Å². The molecule has 0 saturated carbocycles. The van der Waals surface area contributed by atoms with E-state index >= 15 is 0 Å². The maximum atomic E-state index is 13.6. The standard InChI is InChI=1S/C12H10BrFN2.ClH/c13-9-6-10(14)12(16-7-9)11(15)8-4-2-1-3-5-8;/h1-7,11H,15H2;1H/t11-;/m1./s1. The minimum absolute atomic E-state index is 0. The summed E-state index contributed by atoms with van der Waals surface area (Å²) in [5.74, 6) is -0.397. The zero-order chi connectivity index (χ0) is 11.5. The molecular formula is C12H11BrClFN2. The maximum Gasteiger partial charge on any atom is 0.147 e. The molecule has 2 nitrogen and oxygen atoms in total. The predicted molar refractivity (Wildman–Crippen MR) is 71.6 cm³/mol. The van der Waals surface area contributed by atoms with Gasteiger partial charge >= 0.3 is 0 Å². The van der Waals surface area contributed by atoms with Crippen molar-refractivity contribution in [2.75, 3.05) is 0 Å². The van der Waals surface area contributed by atoms with Gasteiger partial charge in [0.1, 0.15) is 5.82 Å².